The zero-order chi connectivity index (χ0) is 12.3. The Bertz CT molecular complexity index is 294. The van der Waals surface area contributed by atoms with Crippen molar-refractivity contribution in [3.8, 4) is 0 Å². The van der Waals surface area contributed by atoms with Crippen LogP contribution in [-0.4, -0.2) is 55.8 Å². The molecule has 18 heavy (non-hydrogen) atoms. The van der Waals surface area contributed by atoms with Crippen LogP contribution in [-0.2, 0) is 4.74 Å². The van der Waals surface area contributed by atoms with E-state index in [0.717, 1.165) is 51.4 Å². The van der Waals surface area contributed by atoms with Crippen LogP contribution >= 0.6 is 0 Å². The second-order valence-corrected chi connectivity index (χ2v) is 5.42. The van der Waals surface area contributed by atoms with Gasteiger partial charge in [0.1, 0.15) is 6.61 Å². The molecular formula is C14H28N2O2. The Labute approximate surface area is 111 Å². The van der Waals surface area contributed by atoms with Crippen LogP contribution < -0.4 is 0 Å². The number of nitrogens with zero attached hydrogens (tertiary/aromatic N) is 2. The molecule has 2 aliphatic heterocycles. The van der Waals surface area contributed by atoms with Gasteiger partial charge in [-0.05, 0) is 26.4 Å². The second-order valence-electron chi connectivity index (χ2n) is 5.42. The quantitative estimate of drug-likeness (QED) is 0.834. The first-order valence-electron chi connectivity index (χ1n) is 6.68. The lowest BCUT2D eigenvalue weighted by Crippen LogP contribution is -2.52. The van der Waals surface area contributed by atoms with E-state index in [4.69, 9.17) is 4.74 Å². The average Bonchev–Trinajstić information content (AvgIpc) is 2.83. The van der Waals surface area contributed by atoms with Gasteiger partial charge in [-0.15, -0.1) is 0 Å². The molecule has 0 aliphatic carbocycles. The molecule has 0 saturated carbocycles. The SMILES string of the molecule is C.CCC[C@@]1(CO)CN(C)CC[C@@H]1C1=NCCO1. The monoisotopic (exact) mass is 256 g/mol. The first-order chi connectivity index (χ1) is 8.22. The highest BCUT2D eigenvalue weighted by atomic mass is 16.5. The molecule has 0 aromatic rings. The van der Waals surface area contributed by atoms with Crippen molar-refractivity contribution >= 4 is 5.90 Å². The Balaban J connectivity index is 0.00000162. The molecule has 2 heterocycles. The van der Waals surface area contributed by atoms with Crippen molar-refractivity contribution in [2.24, 2.45) is 16.3 Å². The topological polar surface area (TPSA) is 45.1 Å². The van der Waals surface area contributed by atoms with Crippen LogP contribution in [0.4, 0.5) is 0 Å². The Morgan fingerprint density at radius 3 is 2.89 bits per heavy atom. The molecule has 0 aromatic carbocycles. The summed E-state index contributed by atoms with van der Waals surface area (Å²) in [5.74, 6) is 1.21. The summed E-state index contributed by atoms with van der Waals surface area (Å²) in [5, 5.41) is 9.88. The number of piperidine rings is 1. The van der Waals surface area contributed by atoms with E-state index in [2.05, 4.69) is 23.9 Å². The Kier molecular flexibility index (Phi) is 5.60. The van der Waals surface area contributed by atoms with Gasteiger partial charge in [0.2, 0.25) is 0 Å². The molecule has 1 fully saturated rings. The third-order valence-electron chi connectivity index (χ3n) is 4.09. The lowest BCUT2D eigenvalue weighted by molar-refractivity contribution is 0.00263. The number of likely N-dealkylation sites (tertiary alicyclic amines) is 1. The number of ether oxygens (including phenoxy) is 1. The van der Waals surface area contributed by atoms with Crippen LogP contribution in [0.15, 0.2) is 4.99 Å². The molecule has 0 aromatic heterocycles. The van der Waals surface area contributed by atoms with Gasteiger partial charge in [-0.25, -0.2) is 0 Å². The highest BCUT2D eigenvalue weighted by Gasteiger charge is 2.45. The minimum absolute atomic E-state index is 0. The number of aliphatic hydroxyl groups excluding tert-OH is 1. The van der Waals surface area contributed by atoms with E-state index >= 15 is 0 Å². The van der Waals surface area contributed by atoms with E-state index in [1.165, 1.54) is 0 Å². The number of hydrogen-bond acceptors (Lipinski definition) is 4. The van der Waals surface area contributed by atoms with Crippen molar-refractivity contribution in [2.75, 3.05) is 39.9 Å². The first-order valence-corrected chi connectivity index (χ1v) is 6.68. The van der Waals surface area contributed by atoms with E-state index in [1.54, 1.807) is 0 Å². The van der Waals surface area contributed by atoms with E-state index in [1.807, 2.05) is 0 Å². The van der Waals surface area contributed by atoms with Crippen molar-refractivity contribution in [3.63, 3.8) is 0 Å². The zero-order valence-electron chi connectivity index (χ0n) is 11.0. The molecule has 106 valence electrons. The third kappa shape index (κ3) is 2.86. The molecular weight excluding hydrogens is 228 g/mol. The lowest BCUT2D eigenvalue weighted by atomic mass is 9.68. The molecule has 4 heteroatoms. The summed E-state index contributed by atoms with van der Waals surface area (Å²) in [6, 6.07) is 0. The summed E-state index contributed by atoms with van der Waals surface area (Å²) in [6.45, 7) is 5.94. The normalized spacial score (nSPS) is 32.6. The van der Waals surface area contributed by atoms with E-state index in [-0.39, 0.29) is 19.4 Å². The van der Waals surface area contributed by atoms with Crippen LogP contribution in [0.2, 0.25) is 0 Å². The zero-order valence-corrected chi connectivity index (χ0v) is 11.0. The number of aliphatic hydroxyl groups is 1. The molecule has 1 N–H and O–H groups in total. The minimum Gasteiger partial charge on any atom is -0.479 e. The number of hydrogen-bond donors (Lipinski definition) is 1. The maximum atomic E-state index is 9.88. The maximum Gasteiger partial charge on any atom is 0.187 e. The van der Waals surface area contributed by atoms with Crippen molar-refractivity contribution in [1.82, 2.24) is 4.90 Å². The minimum atomic E-state index is -0.0507. The molecule has 0 unspecified atom stereocenters. The highest BCUT2D eigenvalue weighted by molar-refractivity contribution is 5.81. The van der Waals surface area contributed by atoms with Crippen molar-refractivity contribution in [3.05, 3.63) is 0 Å². The summed E-state index contributed by atoms with van der Waals surface area (Å²) in [7, 11) is 2.13. The fourth-order valence-electron chi connectivity index (χ4n) is 3.32. The van der Waals surface area contributed by atoms with E-state index < -0.39 is 0 Å². The summed E-state index contributed by atoms with van der Waals surface area (Å²) < 4.78 is 5.65. The van der Waals surface area contributed by atoms with Crippen LogP contribution in [0, 0.1) is 11.3 Å². The largest absolute Gasteiger partial charge is 0.479 e. The average molecular weight is 256 g/mol. The molecule has 0 spiro atoms. The fourth-order valence-corrected chi connectivity index (χ4v) is 3.32. The van der Waals surface area contributed by atoms with Crippen LogP contribution in [0.1, 0.15) is 33.6 Å². The van der Waals surface area contributed by atoms with Gasteiger partial charge >= 0.3 is 0 Å². The Morgan fingerprint density at radius 2 is 2.33 bits per heavy atom. The standard InChI is InChI=1S/C13H24N2O2.CH4/c1-3-5-13(10-16)9-15(2)7-4-11(13)12-14-6-8-17-12;/h11,16H,3-10H2,1-2H3;1H4/t11-,13+;/m1./s1. The molecule has 0 bridgehead atoms. The molecule has 2 rings (SSSR count). The summed E-state index contributed by atoms with van der Waals surface area (Å²) in [6.07, 6.45) is 3.19. The third-order valence-corrected chi connectivity index (χ3v) is 4.09. The van der Waals surface area contributed by atoms with Crippen molar-refractivity contribution in [2.45, 2.75) is 33.6 Å². The summed E-state index contributed by atoms with van der Waals surface area (Å²) >= 11 is 0. The molecule has 0 radical (unpaired) electrons. The Morgan fingerprint density at radius 1 is 1.56 bits per heavy atom. The molecule has 2 atom stereocenters. The van der Waals surface area contributed by atoms with Gasteiger partial charge in [-0.1, -0.05) is 20.8 Å². The van der Waals surface area contributed by atoms with Gasteiger partial charge in [0.05, 0.1) is 13.2 Å². The summed E-state index contributed by atoms with van der Waals surface area (Å²) in [4.78, 5) is 6.79. The first kappa shape index (κ1) is 15.4. The maximum absolute atomic E-state index is 9.88. The van der Waals surface area contributed by atoms with Gasteiger partial charge in [0, 0.05) is 17.9 Å². The van der Waals surface area contributed by atoms with Crippen molar-refractivity contribution < 1.29 is 9.84 Å². The predicted octanol–water partition coefficient (Wildman–Crippen LogP) is 1.78. The number of rotatable bonds is 4. The van der Waals surface area contributed by atoms with Gasteiger partial charge in [0.25, 0.3) is 0 Å². The van der Waals surface area contributed by atoms with Crippen LogP contribution in [0.3, 0.4) is 0 Å². The molecule has 1 saturated heterocycles. The van der Waals surface area contributed by atoms with Gasteiger partial charge < -0.3 is 14.7 Å². The Hall–Kier alpha value is -0.610. The van der Waals surface area contributed by atoms with E-state index in [9.17, 15) is 5.11 Å². The van der Waals surface area contributed by atoms with Gasteiger partial charge in [0.15, 0.2) is 5.90 Å². The molecule has 4 nitrogen and oxygen atoms in total. The van der Waals surface area contributed by atoms with Gasteiger partial charge in [-0.2, -0.15) is 0 Å². The van der Waals surface area contributed by atoms with Crippen LogP contribution in [0.25, 0.3) is 0 Å². The fraction of sp³-hybridized carbons (Fsp3) is 0.929. The number of aliphatic imine (C=N–C) groups is 1. The smallest absolute Gasteiger partial charge is 0.187 e. The summed E-state index contributed by atoms with van der Waals surface area (Å²) in [5.41, 5.74) is -0.0507. The van der Waals surface area contributed by atoms with E-state index in [0.29, 0.717) is 5.92 Å². The molecule has 2 aliphatic rings. The van der Waals surface area contributed by atoms with Gasteiger partial charge in [-0.3, -0.25) is 4.99 Å². The highest BCUT2D eigenvalue weighted by Crippen LogP contribution is 2.40. The lowest BCUT2D eigenvalue weighted by Gasteiger charge is -2.46. The predicted molar refractivity (Wildman–Crippen MR) is 75.0 cm³/mol. The molecule has 0 amide bonds. The second kappa shape index (κ2) is 6.53. The van der Waals surface area contributed by atoms with Crippen molar-refractivity contribution in [1.29, 1.82) is 0 Å². The van der Waals surface area contributed by atoms with Crippen LogP contribution in [0.5, 0.6) is 0 Å².